The summed E-state index contributed by atoms with van der Waals surface area (Å²) in [5, 5.41) is 8.98. The zero-order chi connectivity index (χ0) is 14.4. The lowest BCUT2D eigenvalue weighted by Crippen LogP contribution is -2.18. The van der Waals surface area contributed by atoms with Crippen LogP contribution in [0, 0.1) is 17.1 Å². The van der Waals surface area contributed by atoms with Crippen LogP contribution in [0.3, 0.4) is 0 Å². The predicted molar refractivity (Wildman–Crippen MR) is 79.5 cm³/mol. The molecule has 0 fully saturated rings. The van der Waals surface area contributed by atoms with Gasteiger partial charge in [0.15, 0.2) is 0 Å². The molecule has 0 aromatic heterocycles. The molecular formula is C17H17FN2. The number of hydrogen-bond acceptors (Lipinski definition) is 2. The molecule has 20 heavy (non-hydrogen) atoms. The summed E-state index contributed by atoms with van der Waals surface area (Å²) in [6, 6.07) is 16.3. The quantitative estimate of drug-likeness (QED) is 0.790. The Morgan fingerprint density at radius 1 is 1.10 bits per heavy atom. The molecule has 0 bridgehead atoms. The number of hydrogen-bond donors (Lipinski definition) is 0. The van der Waals surface area contributed by atoms with Crippen molar-refractivity contribution < 1.29 is 4.39 Å². The Morgan fingerprint density at radius 3 is 2.50 bits per heavy atom. The number of halogens is 1. The molecule has 102 valence electrons. The highest BCUT2D eigenvalue weighted by Gasteiger charge is 2.11. The minimum atomic E-state index is -0.378. The molecular weight excluding hydrogens is 251 g/mol. The molecule has 0 aliphatic carbocycles. The van der Waals surface area contributed by atoms with Gasteiger partial charge < -0.3 is 4.90 Å². The lowest BCUT2D eigenvalue weighted by Gasteiger charge is -2.25. The van der Waals surface area contributed by atoms with E-state index in [2.05, 4.69) is 6.92 Å². The fourth-order valence-electron chi connectivity index (χ4n) is 2.13. The minimum Gasteiger partial charge on any atom is -0.341 e. The molecule has 2 nitrogen and oxygen atoms in total. The molecule has 0 heterocycles. The summed E-state index contributed by atoms with van der Waals surface area (Å²) in [5.41, 5.74) is 2.08. The molecule has 0 atom stereocenters. The molecule has 0 radical (unpaired) electrons. The fraction of sp³-hybridized carbons (Fsp3) is 0.235. The van der Waals surface area contributed by atoms with Crippen molar-refractivity contribution in [3.05, 3.63) is 59.9 Å². The second-order valence-corrected chi connectivity index (χ2v) is 4.65. The van der Waals surface area contributed by atoms with Crippen LogP contribution in [-0.4, -0.2) is 6.54 Å². The van der Waals surface area contributed by atoms with E-state index in [1.807, 2.05) is 41.3 Å². The van der Waals surface area contributed by atoms with Crippen LogP contribution in [0.25, 0.3) is 0 Å². The Bertz CT molecular complexity index is 602. The number of nitrogens with zero attached hydrogens (tertiary/aromatic N) is 2. The summed E-state index contributed by atoms with van der Waals surface area (Å²) in [6.07, 6.45) is 2.07. The molecule has 0 aliphatic heterocycles. The monoisotopic (exact) mass is 268 g/mol. The lowest BCUT2D eigenvalue weighted by atomic mass is 10.1. The van der Waals surface area contributed by atoms with E-state index in [0.717, 1.165) is 30.8 Å². The van der Waals surface area contributed by atoms with Crippen LogP contribution >= 0.6 is 0 Å². The molecule has 0 saturated carbocycles. The van der Waals surface area contributed by atoms with Crippen molar-refractivity contribution in [2.75, 3.05) is 11.4 Å². The van der Waals surface area contributed by atoms with Gasteiger partial charge in [-0.05, 0) is 36.8 Å². The number of rotatable bonds is 5. The van der Waals surface area contributed by atoms with E-state index >= 15 is 0 Å². The molecule has 2 rings (SSSR count). The standard InChI is InChI=1S/C17H17FN2/c1-2-3-9-20(16-7-5-4-6-8-16)17-11-14(13-19)10-15(18)12-17/h4-8,10-12H,2-3,9H2,1H3. The molecule has 2 aromatic rings. The summed E-state index contributed by atoms with van der Waals surface area (Å²) in [7, 11) is 0. The van der Waals surface area contributed by atoms with Gasteiger partial charge in [0, 0.05) is 17.9 Å². The van der Waals surface area contributed by atoms with E-state index < -0.39 is 0 Å². The maximum atomic E-state index is 13.6. The van der Waals surface area contributed by atoms with Crippen LogP contribution in [0.2, 0.25) is 0 Å². The average Bonchev–Trinajstić information content (AvgIpc) is 2.48. The van der Waals surface area contributed by atoms with Crippen molar-refractivity contribution in [3.63, 3.8) is 0 Å². The second kappa shape index (κ2) is 6.72. The van der Waals surface area contributed by atoms with Crippen molar-refractivity contribution in [2.45, 2.75) is 19.8 Å². The summed E-state index contributed by atoms with van der Waals surface area (Å²) in [6.45, 7) is 2.92. The SMILES string of the molecule is CCCCN(c1ccccc1)c1cc(F)cc(C#N)c1. The topological polar surface area (TPSA) is 27.0 Å². The van der Waals surface area contributed by atoms with E-state index in [4.69, 9.17) is 5.26 Å². The normalized spacial score (nSPS) is 10.1. The van der Waals surface area contributed by atoms with Crippen LogP contribution in [0.4, 0.5) is 15.8 Å². The van der Waals surface area contributed by atoms with Crippen LogP contribution in [0.1, 0.15) is 25.3 Å². The van der Waals surface area contributed by atoms with Crippen molar-refractivity contribution in [2.24, 2.45) is 0 Å². The Hall–Kier alpha value is -2.34. The predicted octanol–water partition coefficient (Wildman–Crippen LogP) is 4.64. The maximum Gasteiger partial charge on any atom is 0.126 e. The minimum absolute atomic E-state index is 0.345. The number of para-hydroxylation sites is 1. The maximum absolute atomic E-state index is 13.6. The number of anilines is 2. The Morgan fingerprint density at radius 2 is 1.85 bits per heavy atom. The van der Waals surface area contributed by atoms with Gasteiger partial charge in [-0.15, -0.1) is 0 Å². The summed E-state index contributed by atoms with van der Waals surface area (Å²) >= 11 is 0. The van der Waals surface area contributed by atoms with E-state index in [9.17, 15) is 4.39 Å². The van der Waals surface area contributed by atoms with Gasteiger partial charge >= 0.3 is 0 Å². The number of benzene rings is 2. The van der Waals surface area contributed by atoms with Gasteiger partial charge in [0.2, 0.25) is 0 Å². The first-order chi connectivity index (χ1) is 9.74. The van der Waals surface area contributed by atoms with Gasteiger partial charge in [0.1, 0.15) is 5.82 Å². The van der Waals surface area contributed by atoms with Gasteiger partial charge in [0.05, 0.1) is 11.6 Å². The molecule has 0 aliphatic rings. The molecule has 0 N–H and O–H groups in total. The fourth-order valence-corrected chi connectivity index (χ4v) is 2.13. The molecule has 3 heteroatoms. The zero-order valence-corrected chi connectivity index (χ0v) is 11.5. The zero-order valence-electron chi connectivity index (χ0n) is 11.5. The number of unbranched alkanes of at least 4 members (excludes halogenated alkanes) is 1. The average molecular weight is 268 g/mol. The van der Waals surface area contributed by atoms with E-state index in [0.29, 0.717) is 5.56 Å². The van der Waals surface area contributed by atoms with Crippen molar-refractivity contribution in [1.82, 2.24) is 0 Å². The second-order valence-electron chi connectivity index (χ2n) is 4.65. The molecule has 0 amide bonds. The highest BCUT2D eigenvalue weighted by molar-refractivity contribution is 5.64. The van der Waals surface area contributed by atoms with E-state index in [1.165, 1.54) is 12.1 Å². The lowest BCUT2D eigenvalue weighted by molar-refractivity contribution is 0.626. The van der Waals surface area contributed by atoms with Crippen LogP contribution < -0.4 is 4.90 Å². The van der Waals surface area contributed by atoms with Gasteiger partial charge in [0.25, 0.3) is 0 Å². The van der Waals surface area contributed by atoms with Crippen LogP contribution in [0.5, 0.6) is 0 Å². The van der Waals surface area contributed by atoms with E-state index in [-0.39, 0.29) is 5.82 Å². The van der Waals surface area contributed by atoms with Crippen molar-refractivity contribution in [1.29, 1.82) is 5.26 Å². The molecule has 0 unspecified atom stereocenters. The molecule has 0 spiro atoms. The summed E-state index contributed by atoms with van der Waals surface area (Å²) < 4.78 is 13.6. The van der Waals surface area contributed by atoms with Crippen LogP contribution in [-0.2, 0) is 0 Å². The largest absolute Gasteiger partial charge is 0.341 e. The Kier molecular flexibility index (Phi) is 4.73. The van der Waals surface area contributed by atoms with Crippen LogP contribution in [0.15, 0.2) is 48.5 Å². The third kappa shape index (κ3) is 3.36. The molecule has 2 aromatic carbocycles. The van der Waals surface area contributed by atoms with Gasteiger partial charge in [-0.25, -0.2) is 4.39 Å². The Labute approximate surface area is 119 Å². The van der Waals surface area contributed by atoms with E-state index in [1.54, 1.807) is 6.07 Å². The number of nitriles is 1. The van der Waals surface area contributed by atoms with Gasteiger partial charge in [-0.2, -0.15) is 5.26 Å². The third-order valence-electron chi connectivity index (χ3n) is 3.13. The molecule has 0 saturated heterocycles. The van der Waals surface area contributed by atoms with Gasteiger partial charge in [-0.1, -0.05) is 31.5 Å². The first-order valence-corrected chi connectivity index (χ1v) is 6.78. The van der Waals surface area contributed by atoms with Crippen molar-refractivity contribution in [3.8, 4) is 6.07 Å². The highest BCUT2D eigenvalue weighted by atomic mass is 19.1. The third-order valence-corrected chi connectivity index (χ3v) is 3.13. The first kappa shape index (κ1) is 14.1. The van der Waals surface area contributed by atoms with Gasteiger partial charge in [-0.3, -0.25) is 0 Å². The Balaban J connectivity index is 2.41. The highest BCUT2D eigenvalue weighted by Crippen LogP contribution is 2.27. The summed E-state index contributed by atoms with van der Waals surface area (Å²) in [5.74, 6) is -0.378. The smallest absolute Gasteiger partial charge is 0.126 e. The summed E-state index contributed by atoms with van der Waals surface area (Å²) in [4.78, 5) is 2.05. The van der Waals surface area contributed by atoms with Crippen molar-refractivity contribution >= 4 is 11.4 Å². The first-order valence-electron chi connectivity index (χ1n) is 6.78.